The molecular formula is C30H35NO4. The lowest BCUT2D eigenvalue weighted by Crippen LogP contribution is -2.46. The van der Waals surface area contributed by atoms with Gasteiger partial charge in [-0.1, -0.05) is 30.4 Å². The fraction of sp³-hybridized carbons (Fsp3) is 0.400. The number of aryl methyl sites for hydroxylation is 1. The lowest BCUT2D eigenvalue weighted by atomic mass is 9.72. The Kier molecular flexibility index (Phi) is 7.15. The number of aromatic hydroxyl groups is 1. The molecule has 0 aromatic heterocycles. The van der Waals surface area contributed by atoms with Gasteiger partial charge in [-0.15, -0.1) is 0 Å². The van der Waals surface area contributed by atoms with Crippen molar-refractivity contribution in [3.8, 4) is 11.5 Å². The molecule has 2 aromatic carbocycles. The van der Waals surface area contributed by atoms with Gasteiger partial charge in [-0.25, -0.2) is 0 Å². The predicted molar refractivity (Wildman–Crippen MR) is 137 cm³/mol. The van der Waals surface area contributed by atoms with Crippen LogP contribution in [0.25, 0.3) is 0 Å². The number of ether oxygens (including phenoxy) is 1. The molecular weight excluding hydrogens is 438 g/mol. The zero-order valence-corrected chi connectivity index (χ0v) is 21.0. The molecule has 0 saturated heterocycles. The molecule has 0 spiro atoms. The minimum atomic E-state index is -0.542. The van der Waals surface area contributed by atoms with E-state index in [2.05, 4.69) is 24.3 Å². The molecule has 2 aliphatic rings. The Balaban J connectivity index is 1.51. The van der Waals surface area contributed by atoms with Crippen LogP contribution < -0.4 is 4.74 Å². The van der Waals surface area contributed by atoms with Crippen LogP contribution in [0.5, 0.6) is 11.5 Å². The highest BCUT2D eigenvalue weighted by Gasteiger charge is 2.35. The molecule has 0 radical (unpaired) electrons. The molecule has 0 fully saturated rings. The van der Waals surface area contributed by atoms with Crippen molar-refractivity contribution in [2.75, 3.05) is 6.54 Å². The van der Waals surface area contributed by atoms with Crippen molar-refractivity contribution >= 4 is 11.9 Å². The van der Waals surface area contributed by atoms with Crippen LogP contribution in [-0.4, -0.2) is 34.5 Å². The van der Waals surface area contributed by atoms with Crippen LogP contribution in [0.2, 0.25) is 0 Å². The Hall–Kier alpha value is -3.34. The standard InChI is InChI=1S/C30H35NO4/c1-5-31(28(33)20-12-15-24(32)16-13-20)27-9-7-6-8-26(27)23-11-10-22-19-25(17-14-21(22)18-23)35-29(34)30(2,3)4/h6-9,12-17,19,23,26-27,32H,5,10-11,18H2,1-4H3/t23-,26?,27?/m1/s1. The van der Waals surface area contributed by atoms with Gasteiger partial charge < -0.3 is 14.7 Å². The van der Waals surface area contributed by atoms with Crippen molar-refractivity contribution in [1.82, 2.24) is 4.90 Å². The van der Waals surface area contributed by atoms with E-state index in [1.165, 1.54) is 11.1 Å². The first-order valence-corrected chi connectivity index (χ1v) is 12.5. The van der Waals surface area contributed by atoms with Gasteiger partial charge in [-0.05, 0) is 100 Å². The molecule has 1 amide bonds. The fourth-order valence-corrected chi connectivity index (χ4v) is 5.03. The second-order valence-electron chi connectivity index (χ2n) is 10.5. The third-order valence-corrected chi connectivity index (χ3v) is 7.03. The van der Waals surface area contributed by atoms with Crippen LogP contribution >= 0.6 is 0 Å². The second-order valence-corrected chi connectivity index (χ2v) is 10.5. The third kappa shape index (κ3) is 5.50. The molecule has 4 rings (SSSR count). The number of carbonyl (C=O) groups is 2. The van der Waals surface area contributed by atoms with Crippen LogP contribution in [0.4, 0.5) is 0 Å². The highest BCUT2D eigenvalue weighted by molar-refractivity contribution is 5.94. The molecule has 0 aliphatic heterocycles. The predicted octanol–water partition coefficient (Wildman–Crippen LogP) is 5.72. The normalized spacial score (nSPS) is 21.3. The molecule has 2 aromatic rings. The first kappa shape index (κ1) is 24.8. The molecule has 2 aliphatic carbocycles. The van der Waals surface area contributed by atoms with Crippen LogP contribution in [-0.2, 0) is 17.6 Å². The zero-order chi connectivity index (χ0) is 25.2. The number of phenols is 1. The third-order valence-electron chi connectivity index (χ3n) is 7.03. The number of nitrogens with zero attached hydrogens (tertiary/aromatic N) is 1. The minimum Gasteiger partial charge on any atom is -0.508 e. The van der Waals surface area contributed by atoms with Gasteiger partial charge in [0.05, 0.1) is 11.5 Å². The number of amides is 1. The number of hydrogen-bond donors (Lipinski definition) is 1. The molecule has 184 valence electrons. The van der Waals surface area contributed by atoms with Gasteiger partial charge in [0.2, 0.25) is 0 Å². The van der Waals surface area contributed by atoms with Crippen molar-refractivity contribution in [2.45, 2.75) is 53.0 Å². The van der Waals surface area contributed by atoms with Crippen molar-refractivity contribution in [1.29, 1.82) is 0 Å². The molecule has 3 atom stereocenters. The SMILES string of the molecule is CCN(C(=O)c1ccc(O)cc1)C1C=CC=CC1[C@@H]1CCc2cc(OC(=O)C(C)(C)C)ccc2C1. The number of allylic oxidation sites excluding steroid dienone is 2. The lowest BCUT2D eigenvalue weighted by Gasteiger charge is -2.40. The van der Waals surface area contributed by atoms with E-state index in [9.17, 15) is 14.7 Å². The van der Waals surface area contributed by atoms with Crippen LogP contribution in [0, 0.1) is 17.3 Å². The summed E-state index contributed by atoms with van der Waals surface area (Å²) in [6.45, 7) is 8.18. The quantitative estimate of drug-likeness (QED) is 0.445. The van der Waals surface area contributed by atoms with Gasteiger partial charge in [0.15, 0.2) is 0 Å². The molecule has 35 heavy (non-hydrogen) atoms. The highest BCUT2D eigenvalue weighted by Crippen LogP contribution is 2.37. The molecule has 1 N–H and O–H groups in total. The summed E-state index contributed by atoms with van der Waals surface area (Å²) in [7, 11) is 0. The summed E-state index contributed by atoms with van der Waals surface area (Å²) in [4.78, 5) is 27.6. The topological polar surface area (TPSA) is 66.8 Å². The fourth-order valence-electron chi connectivity index (χ4n) is 5.03. The zero-order valence-electron chi connectivity index (χ0n) is 21.0. The van der Waals surface area contributed by atoms with Gasteiger partial charge in [-0.3, -0.25) is 9.59 Å². The van der Waals surface area contributed by atoms with E-state index in [0.717, 1.165) is 19.3 Å². The van der Waals surface area contributed by atoms with Crippen LogP contribution in [0.15, 0.2) is 66.8 Å². The Bertz CT molecular complexity index is 1140. The Morgan fingerprint density at radius 1 is 1.03 bits per heavy atom. The van der Waals surface area contributed by atoms with E-state index in [4.69, 9.17) is 4.74 Å². The largest absolute Gasteiger partial charge is 0.508 e. The summed E-state index contributed by atoms with van der Waals surface area (Å²) < 4.78 is 5.61. The maximum Gasteiger partial charge on any atom is 0.316 e. The monoisotopic (exact) mass is 473 g/mol. The van der Waals surface area contributed by atoms with Gasteiger partial charge in [-0.2, -0.15) is 0 Å². The molecule has 0 saturated carbocycles. The number of esters is 1. The van der Waals surface area contributed by atoms with E-state index < -0.39 is 5.41 Å². The summed E-state index contributed by atoms with van der Waals surface area (Å²) in [6, 6.07) is 12.4. The maximum absolute atomic E-state index is 13.4. The van der Waals surface area contributed by atoms with E-state index in [1.54, 1.807) is 24.3 Å². The summed E-state index contributed by atoms with van der Waals surface area (Å²) >= 11 is 0. The van der Waals surface area contributed by atoms with Gasteiger partial charge >= 0.3 is 5.97 Å². The molecule has 0 bridgehead atoms. The molecule has 5 nitrogen and oxygen atoms in total. The van der Waals surface area contributed by atoms with Crippen LogP contribution in [0.1, 0.15) is 55.6 Å². The summed E-state index contributed by atoms with van der Waals surface area (Å²) in [5.41, 5.74) is 2.56. The van der Waals surface area contributed by atoms with Gasteiger partial charge in [0.1, 0.15) is 11.5 Å². The Labute approximate surface area is 208 Å². The Morgan fingerprint density at radius 2 is 1.74 bits per heavy atom. The van der Waals surface area contributed by atoms with Crippen molar-refractivity contribution in [2.24, 2.45) is 17.3 Å². The summed E-state index contributed by atoms with van der Waals surface area (Å²) in [5, 5.41) is 9.60. The maximum atomic E-state index is 13.4. The number of likely N-dealkylation sites (N-methyl/N-ethyl adjacent to an activating group) is 1. The second kappa shape index (κ2) is 10.1. The van der Waals surface area contributed by atoms with E-state index in [0.29, 0.717) is 23.8 Å². The molecule has 2 unspecified atom stereocenters. The van der Waals surface area contributed by atoms with Crippen molar-refractivity contribution < 1.29 is 19.4 Å². The van der Waals surface area contributed by atoms with Crippen molar-refractivity contribution in [3.63, 3.8) is 0 Å². The number of fused-ring (bicyclic) bond motifs is 1. The smallest absolute Gasteiger partial charge is 0.316 e. The van der Waals surface area contributed by atoms with E-state index in [1.807, 2.05) is 50.8 Å². The number of benzene rings is 2. The minimum absolute atomic E-state index is 0.0233. The number of phenolic OH excluding ortho intramolecular Hbond substituents is 1. The lowest BCUT2D eigenvalue weighted by molar-refractivity contribution is -0.143. The summed E-state index contributed by atoms with van der Waals surface area (Å²) in [6.07, 6.45) is 11.3. The summed E-state index contributed by atoms with van der Waals surface area (Å²) in [5.74, 6) is 1.12. The van der Waals surface area contributed by atoms with Crippen molar-refractivity contribution in [3.05, 3.63) is 83.5 Å². The van der Waals surface area contributed by atoms with Gasteiger partial charge in [0.25, 0.3) is 5.91 Å². The molecule has 5 heteroatoms. The van der Waals surface area contributed by atoms with Gasteiger partial charge in [0, 0.05) is 18.0 Å². The highest BCUT2D eigenvalue weighted by atomic mass is 16.5. The average molecular weight is 474 g/mol. The number of rotatable bonds is 5. The number of carbonyl (C=O) groups excluding carboxylic acids is 2. The van der Waals surface area contributed by atoms with E-state index >= 15 is 0 Å². The van der Waals surface area contributed by atoms with Crippen LogP contribution in [0.3, 0.4) is 0 Å². The first-order valence-electron chi connectivity index (χ1n) is 12.5. The number of hydrogen-bond acceptors (Lipinski definition) is 4. The van der Waals surface area contributed by atoms with E-state index in [-0.39, 0.29) is 29.6 Å². The Morgan fingerprint density at radius 3 is 2.43 bits per heavy atom. The average Bonchev–Trinajstić information content (AvgIpc) is 2.84. The first-order chi connectivity index (χ1) is 16.7. The molecule has 0 heterocycles.